The lowest BCUT2D eigenvalue weighted by molar-refractivity contribution is -0.152. The molecule has 0 fully saturated rings. The Morgan fingerprint density at radius 3 is 1.08 bits per heavy atom. The molecule has 0 radical (unpaired) electrons. The van der Waals surface area contributed by atoms with Crippen LogP contribution in [0.5, 0.6) is 0 Å². The highest BCUT2D eigenvalue weighted by atomic mass is 16.6. The van der Waals surface area contributed by atoms with Crippen LogP contribution in [0.3, 0.4) is 0 Å². The topological polar surface area (TPSA) is 72.8 Å². The van der Waals surface area contributed by atoms with E-state index in [2.05, 4.69) is 27.7 Å². The van der Waals surface area contributed by atoms with Gasteiger partial charge >= 0.3 is 11.9 Å². The SMILES string of the molecule is CC(C)CCCCCCCCCCC(=O)OCC(O)COC(=O)CCCCCCCCCCC(C)C. The number of hydrogen-bond acceptors (Lipinski definition) is 5. The highest BCUT2D eigenvalue weighted by Gasteiger charge is 2.12. The number of aliphatic hydroxyl groups is 1. The number of rotatable bonds is 26. The van der Waals surface area contributed by atoms with E-state index in [0.29, 0.717) is 12.8 Å². The lowest BCUT2D eigenvalue weighted by Gasteiger charge is -2.12. The summed E-state index contributed by atoms with van der Waals surface area (Å²) in [4.78, 5) is 23.7. The van der Waals surface area contributed by atoms with Gasteiger partial charge in [0.05, 0.1) is 0 Å². The van der Waals surface area contributed by atoms with E-state index in [4.69, 9.17) is 9.47 Å². The average molecular weight is 513 g/mol. The van der Waals surface area contributed by atoms with Crippen molar-refractivity contribution in [2.75, 3.05) is 13.2 Å². The summed E-state index contributed by atoms with van der Waals surface area (Å²) in [7, 11) is 0. The van der Waals surface area contributed by atoms with Crippen LogP contribution in [0, 0.1) is 11.8 Å². The van der Waals surface area contributed by atoms with Gasteiger partial charge in [-0.1, -0.05) is 130 Å². The van der Waals surface area contributed by atoms with Crippen molar-refractivity contribution in [1.29, 1.82) is 0 Å². The second-order valence-electron chi connectivity index (χ2n) is 11.5. The molecule has 0 spiro atoms. The molecular weight excluding hydrogens is 452 g/mol. The number of unbranched alkanes of at least 4 members (excludes halogenated alkanes) is 14. The van der Waals surface area contributed by atoms with E-state index in [1.807, 2.05) is 0 Å². The van der Waals surface area contributed by atoms with Crippen LogP contribution in [0.4, 0.5) is 0 Å². The Labute approximate surface area is 223 Å². The standard InChI is InChI=1S/C31H60O5/c1-27(2)21-17-13-9-5-7-11-15-19-23-30(33)35-25-29(32)26-36-31(34)24-20-16-12-8-6-10-14-18-22-28(3)4/h27-29,32H,5-26H2,1-4H3. The van der Waals surface area contributed by atoms with Gasteiger partial charge in [-0.15, -0.1) is 0 Å². The molecule has 5 nitrogen and oxygen atoms in total. The summed E-state index contributed by atoms with van der Waals surface area (Å²) in [5, 5.41) is 9.91. The third-order valence-corrected chi connectivity index (χ3v) is 6.70. The zero-order valence-corrected chi connectivity index (χ0v) is 24.4. The fourth-order valence-electron chi connectivity index (χ4n) is 4.34. The molecule has 0 aromatic rings. The van der Waals surface area contributed by atoms with Crippen molar-refractivity contribution in [2.24, 2.45) is 11.8 Å². The second kappa shape index (κ2) is 25.5. The maximum absolute atomic E-state index is 11.8. The van der Waals surface area contributed by atoms with Gasteiger partial charge in [0.25, 0.3) is 0 Å². The van der Waals surface area contributed by atoms with E-state index in [1.54, 1.807) is 0 Å². The fourth-order valence-corrected chi connectivity index (χ4v) is 4.34. The summed E-state index contributed by atoms with van der Waals surface area (Å²) in [6.07, 6.45) is 21.6. The Bertz CT molecular complexity index is 459. The molecule has 5 heteroatoms. The number of carbonyl (C=O) groups excluding carboxylic acids is 2. The minimum absolute atomic E-state index is 0.111. The van der Waals surface area contributed by atoms with Gasteiger partial charge in [0, 0.05) is 12.8 Å². The molecule has 1 N–H and O–H groups in total. The molecule has 0 aliphatic heterocycles. The second-order valence-corrected chi connectivity index (χ2v) is 11.5. The van der Waals surface area contributed by atoms with Crippen LogP contribution in [-0.4, -0.2) is 36.4 Å². The Morgan fingerprint density at radius 1 is 0.500 bits per heavy atom. The van der Waals surface area contributed by atoms with Gasteiger partial charge < -0.3 is 14.6 Å². The Hall–Kier alpha value is -1.10. The Morgan fingerprint density at radius 2 is 0.778 bits per heavy atom. The first-order chi connectivity index (χ1) is 17.3. The quantitative estimate of drug-likeness (QED) is 0.0928. The number of hydrogen-bond donors (Lipinski definition) is 1. The molecule has 0 aromatic heterocycles. The summed E-state index contributed by atoms with van der Waals surface area (Å²) in [5.41, 5.74) is 0. The zero-order chi connectivity index (χ0) is 26.9. The van der Waals surface area contributed by atoms with Crippen molar-refractivity contribution in [3.05, 3.63) is 0 Å². The number of aliphatic hydroxyl groups excluding tert-OH is 1. The normalized spacial score (nSPS) is 11.6. The molecule has 0 rings (SSSR count). The molecule has 0 aliphatic rings. The van der Waals surface area contributed by atoms with Gasteiger partial charge in [0.15, 0.2) is 0 Å². The number of esters is 2. The Balaban J connectivity index is 3.45. The van der Waals surface area contributed by atoms with Crippen molar-refractivity contribution in [3.8, 4) is 0 Å². The van der Waals surface area contributed by atoms with E-state index in [-0.39, 0.29) is 25.2 Å². The first-order valence-electron chi connectivity index (χ1n) is 15.3. The maximum atomic E-state index is 11.8. The zero-order valence-electron chi connectivity index (χ0n) is 24.4. The van der Waals surface area contributed by atoms with Gasteiger partial charge in [-0.25, -0.2) is 0 Å². The molecule has 0 heterocycles. The van der Waals surface area contributed by atoms with Crippen molar-refractivity contribution < 1.29 is 24.2 Å². The molecule has 0 aliphatic carbocycles. The van der Waals surface area contributed by atoms with Crippen LogP contribution >= 0.6 is 0 Å². The fraction of sp³-hybridized carbons (Fsp3) is 0.935. The smallest absolute Gasteiger partial charge is 0.305 e. The van der Waals surface area contributed by atoms with Gasteiger partial charge in [-0.2, -0.15) is 0 Å². The number of ether oxygens (including phenoxy) is 2. The predicted octanol–water partition coefficient (Wildman–Crippen LogP) is 8.55. The highest BCUT2D eigenvalue weighted by Crippen LogP contribution is 2.14. The predicted molar refractivity (Wildman–Crippen MR) is 150 cm³/mol. The van der Waals surface area contributed by atoms with Gasteiger partial charge in [0.2, 0.25) is 0 Å². The highest BCUT2D eigenvalue weighted by molar-refractivity contribution is 5.69. The van der Waals surface area contributed by atoms with Crippen molar-refractivity contribution >= 4 is 11.9 Å². The van der Waals surface area contributed by atoms with Gasteiger partial charge in [-0.3, -0.25) is 9.59 Å². The maximum Gasteiger partial charge on any atom is 0.305 e. The molecule has 0 aromatic carbocycles. The van der Waals surface area contributed by atoms with Crippen LogP contribution in [-0.2, 0) is 19.1 Å². The van der Waals surface area contributed by atoms with Crippen LogP contribution < -0.4 is 0 Å². The molecule has 0 unspecified atom stereocenters. The van der Waals surface area contributed by atoms with Crippen LogP contribution in [0.2, 0.25) is 0 Å². The van der Waals surface area contributed by atoms with E-state index in [9.17, 15) is 14.7 Å². The van der Waals surface area contributed by atoms with Gasteiger partial charge in [0.1, 0.15) is 19.3 Å². The molecule has 214 valence electrons. The third kappa shape index (κ3) is 27.5. The molecular formula is C31H60O5. The van der Waals surface area contributed by atoms with Crippen LogP contribution in [0.25, 0.3) is 0 Å². The molecule has 0 saturated carbocycles. The van der Waals surface area contributed by atoms with Crippen molar-refractivity contribution in [1.82, 2.24) is 0 Å². The van der Waals surface area contributed by atoms with Crippen molar-refractivity contribution in [3.63, 3.8) is 0 Å². The van der Waals surface area contributed by atoms with E-state index in [1.165, 1.54) is 77.0 Å². The summed E-state index contributed by atoms with van der Waals surface area (Å²) >= 11 is 0. The molecule has 0 bridgehead atoms. The monoisotopic (exact) mass is 512 g/mol. The number of carbonyl (C=O) groups is 2. The van der Waals surface area contributed by atoms with Crippen molar-refractivity contribution in [2.45, 2.75) is 162 Å². The molecule has 0 amide bonds. The van der Waals surface area contributed by atoms with E-state index >= 15 is 0 Å². The lowest BCUT2D eigenvalue weighted by atomic mass is 10.0. The molecule has 36 heavy (non-hydrogen) atoms. The molecule has 0 saturated heterocycles. The summed E-state index contributed by atoms with van der Waals surface area (Å²) in [5.74, 6) is 1.05. The minimum Gasteiger partial charge on any atom is -0.463 e. The third-order valence-electron chi connectivity index (χ3n) is 6.70. The summed E-state index contributed by atoms with van der Waals surface area (Å²) in [6, 6.07) is 0. The minimum atomic E-state index is -0.954. The summed E-state index contributed by atoms with van der Waals surface area (Å²) in [6.45, 7) is 8.89. The first kappa shape index (κ1) is 34.9. The summed E-state index contributed by atoms with van der Waals surface area (Å²) < 4.78 is 10.2. The molecule has 0 atom stereocenters. The van der Waals surface area contributed by atoms with E-state index in [0.717, 1.165) is 50.4 Å². The van der Waals surface area contributed by atoms with Gasteiger partial charge in [-0.05, 0) is 24.7 Å². The average Bonchev–Trinajstić information content (AvgIpc) is 2.83. The Kier molecular flexibility index (Phi) is 24.8. The first-order valence-corrected chi connectivity index (χ1v) is 15.3. The van der Waals surface area contributed by atoms with Crippen LogP contribution in [0.15, 0.2) is 0 Å². The largest absolute Gasteiger partial charge is 0.463 e. The lowest BCUT2D eigenvalue weighted by Crippen LogP contribution is -2.25. The van der Waals surface area contributed by atoms with Crippen LogP contribution in [0.1, 0.15) is 156 Å². The van der Waals surface area contributed by atoms with E-state index < -0.39 is 6.10 Å².